The summed E-state index contributed by atoms with van der Waals surface area (Å²) in [6.45, 7) is 3.68. The highest BCUT2D eigenvalue weighted by Crippen LogP contribution is 2.46. The first-order valence-corrected chi connectivity index (χ1v) is 10.7. The molecule has 1 heterocycles. The first kappa shape index (κ1) is 21.8. The summed E-state index contributed by atoms with van der Waals surface area (Å²) in [5.74, 6) is -1.15. The van der Waals surface area contributed by atoms with Gasteiger partial charge in [-0.3, -0.25) is 4.79 Å². The summed E-state index contributed by atoms with van der Waals surface area (Å²) in [6, 6.07) is 14.0. The molecule has 166 valence electrons. The lowest BCUT2D eigenvalue weighted by Gasteiger charge is -2.36. The summed E-state index contributed by atoms with van der Waals surface area (Å²) in [5.41, 5.74) is 3.40. The Hall–Kier alpha value is -3.41. The Bertz CT molecular complexity index is 1120. The highest BCUT2D eigenvalue weighted by molar-refractivity contribution is 6.04. The Morgan fingerprint density at radius 2 is 1.84 bits per heavy atom. The summed E-state index contributed by atoms with van der Waals surface area (Å²) in [5, 5.41) is 3.27. The zero-order chi connectivity index (χ0) is 22.8. The number of carbonyl (C=O) groups is 2. The molecule has 0 aromatic heterocycles. The number of Topliss-reactive ketones (excluding diaryl/α,β-unsaturated/α-hetero) is 1. The van der Waals surface area contributed by atoms with E-state index in [1.54, 1.807) is 39.2 Å². The third kappa shape index (κ3) is 3.93. The van der Waals surface area contributed by atoms with Crippen molar-refractivity contribution in [3.8, 4) is 5.75 Å². The van der Waals surface area contributed by atoms with Crippen molar-refractivity contribution < 1.29 is 23.5 Å². The lowest BCUT2D eigenvalue weighted by Crippen LogP contribution is -2.36. The number of carbonyl (C=O) groups excluding carboxylic acids is 2. The summed E-state index contributed by atoms with van der Waals surface area (Å²) in [6.07, 6.45) is 0.874. The number of ether oxygens (including phenoxy) is 2. The molecular formula is C26H26FNO4. The smallest absolute Gasteiger partial charge is 0.336 e. The van der Waals surface area contributed by atoms with Gasteiger partial charge in [-0.15, -0.1) is 0 Å². The molecule has 0 radical (unpaired) electrons. The molecule has 6 heteroatoms. The van der Waals surface area contributed by atoms with E-state index < -0.39 is 17.7 Å². The average molecular weight is 435 g/mol. The topological polar surface area (TPSA) is 64.6 Å². The summed E-state index contributed by atoms with van der Waals surface area (Å²) in [7, 11) is 1.61. The van der Waals surface area contributed by atoms with Crippen LogP contribution in [0, 0.1) is 5.82 Å². The van der Waals surface area contributed by atoms with E-state index in [2.05, 4.69) is 5.32 Å². The molecule has 5 nitrogen and oxygen atoms in total. The number of allylic oxidation sites excluding steroid dienone is 3. The van der Waals surface area contributed by atoms with Crippen molar-refractivity contribution in [1.29, 1.82) is 0 Å². The van der Waals surface area contributed by atoms with Crippen molar-refractivity contribution in [2.24, 2.45) is 0 Å². The fourth-order valence-corrected chi connectivity index (χ4v) is 4.65. The Labute approximate surface area is 186 Å². The number of benzene rings is 2. The van der Waals surface area contributed by atoms with Crippen LogP contribution in [0.25, 0.3) is 0 Å². The van der Waals surface area contributed by atoms with Gasteiger partial charge in [-0.05, 0) is 49.9 Å². The van der Waals surface area contributed by atoms with E-state index in [0.29, 0.717) is 23.3 Å². The van der Waals surface area contributed by atoms with Crippen molar-refractivity contribution in [2.75, 3.05) is 13.7 Å². The number of methoxy groups -OCH3 is 1. The van der Waals surface area contributed by atoms with Gasteiger partial charge in [-0.1, -0.05) is 30.3 Å². The second-order valence-electron chi connectivity index (χ2n) is 8.03. The van der Waals surface area contributed by atoms with Gasteiger partial charge in [-0.25, -0.2) is 9.18 Å². The van der Waals surface area contributed by atoms with E-state index in [0.717, 1.165) is 17.0 Å². The first-order valence-electron chi connectivity index (χ1n) is 10.7. The number of ketones is 1. The van der Waals surface area contributed by atoms with Gasteiger partial charge in [0.25, 0.3) is 0 Å². The molecule has 0 unspecified atom stereocenters. The molecule has 0 fully saturated rings. The molecule has 2 aromatic rings. The van der Waals surface area contributed by atoms with Crippen molar-refractivity contribution in [1.82, 2.24) is 5.32 Å². The lowest BCUT2D eigenvalue weighted by atomic mass is 9.71. The molecule has 0 spiro atoms. The van der Waals surface area contributed by atoms with Crippen LogP contribution in [0.15, 0.2) is 71.1 Å². The van der Waals surface area contributed by atoms with Crippen LogP contribution in [0.3, 0.4) is 0 Å². The molecule has 0 saturated heterocycles. The van der Waals surface area contributed by atoms with E-state index in [-0.39, 0.29) is 30.3 Å². The van der Waals surface area contributed by atoms with E-state index in [4.69, 9.17) is 9.47 Å². The van der Waals surface area contributed by atoms with Crippen LogP contribution in [0.5, 0.6) is 5.75 Å². The van der Waals surface area contributed by atoms with Crippen LogP contribution >= 0.6 is 0 Å². The molecular weight excluding hydrogens is 409 g/mol. The van der Waals surface area contributed by atoms with E-state index >= 15 is 0 Å². The minimum atomic E-state index is -0.796. The van der Waals surface area contributed by atoms with Gasteiger partial charge < -0.3 is 14.8 Å². The minimum Gasteiger partial charge on any atom is -0.497 e. The highest BCUT2D eigenvalue weighted by Gasteiger charge is 2.42. The van der Waals surface area contributed by atoms with Crippen molar-refractivity contribution in [2.45, 2.75) is 38.5 Å². The largest absolute Gasteiger partial charge is 0.497 e. The Morgan fingerprint density at radius 3 is 2.50 bits per heavy atom. The van der Waals surface area contributed by atoms with Crippen LogP contribution in [0.1, 0.15) is 49.7 Å². The molecule has 0 amide bonds. The molecule has 2 atom stereocenters. The Morgan fingerprint density at radius 1 is 1.12 bits per heavy atom. The predicted molar refractivity (Wildman–Crippen MR) is 119 cm³/mol. The van der Waals surface area contributed by atoms with Gasteiger partial charge in [0.1, 0.15) is 11.6 Å². The summed E-state index contributed by atoms with van der Waals surface area (Å²) < 4.78 is 25.4. The van der Waals surface area contributed by atoms with Gasteiger partial charge in [0, 0.05) is 29.0 Å². The zero-order valence-electron chi connectivity index (χ0n) is 18.4. The van der Waals surface area contributed by atoms with Crippen LogP contribution in [0.4, 0.5) is 4.39 Å². The monoisotopic (exact) mass is 435 g/mol. The third-order valence-corrected chi connectivity index (χ3v) is 6.13. The number of hydrogen-bond acceptors (Lipinski definition) is 5. The number of halogens is 1. The minimum absolute atomic E-state index is 0.0159. The molecule has 1 aliphatic carbocycles. The number of dihydropyridines is 1. The lowest BCUT2D eigenvalue weighted by molar-refractivity contribution is -0.138. The first-order chi connectivity index (χ1) is 15.4. The van der Waals surface area contributed by atoms with Crippen molar-refractivity contribution in [3.63, 3.8) is 0 Å². The summed E-state index contributed by atoms with van der Waals surface area (Å²) in [4.78, 5) is 26.3. The second kappa shape index (κ2) is 8.99. The molecule has 1 N–H and O–H groups in total. The number of esters is 1. The molecule has 2 aromatic carbocycles. The van der Waals surface area contributed by atoms with Crippen molar-refractivity contribution >= 4 is 11.8 Å². The molecule has 0 bridgehead atoms. The van der Waals surface area contributed by atoms with E-state index in [1.165, 1.54) is 6.07 Å². The molecule has 2 aliphatic rings. The molecule has 0 saturated carbocycles. The van der Waals surface area contributed by atoms with E-state index in [1.807, 2.05) is 24.3 Å². The number of rotatable bonds is 5. The highest BCUT2D eigenvalue weighted by atomic mass is 19.1. The second-order valence-corrected chi connectivity index (χ2v) is 8.03. The maximum atomic E-state index is 14.9. The SMILES string of the molecule is CCOC(=O)C1=C(C)NC2=C(C(=O)C[C@@H](c3ccc(OC)cc3)C2)[C@H]1c1ccccc1F. The normalized spacial score (nSPS) is 20.6. The predicted octanol–water partition coefficient (Wildman–Crippen LogP) is 4.76. The van der Waals surface area contributed by atoms with Gasteiger partial charge in [0.15, 0.2) is 5.78 Å². The van der Waals surface area contributed by atoms with Crippen LogP contribution in [-0.2, 0) is 14.3 Å². The standard InChI is InChI=1S/C26H26FNO4/c1-4-32-26(30)23-15(2)28-21-13-17(16-9-11-18(31-3)12-10-16)14-22(29)25(21)24(23)19-7-5-6-8-20(19)27/h5-12,17,24,28H,4,13-14H2,1-3H3/t17-,24-/m0/s1. The number of hydrogen-bond donors (Lipinski definition) is 1. The van der Waals surface area contributed by atoms with Gasteiger partial charge in [0.05, 0.1) is 25.2 Å². The maximum absolute atomic E-state index is 14.9. The summed E-state index contributed by atoms with van der Waals surface area (Å²) >= 11 is 0. The fourth-order valence-electron chi connectivity index (χ4n) is 4.65. The van der Waals surface area contributed by atoms with Gasteiger partial charge >= 0.3 is 5.97 Å². The number of nitrogens with one attached hydrogen (secondary N) is 1. The maximum Gasteiger partial charge on any atom is 0.336 e. The molecule has 4 rings (SSSR count). The third-order valence-electron chi connectivity index (χ3n) is 6.13. The van der Waals surface area contributed by atoms with Gasteiger partial charge in [-0.2, -0.15) is 0 Å². The Balaban J connectivity index is 1.78. The van der Waals surface area contributed by atoms with E-state index in [9.17, 15) is 14.0 Å². The van der Waals surface area contributed by atoms with Crippen LogP contribution in [0.2, 0.25) is 0 Å². The van der Waals surface area contributed by atoms with Crippen molar-refractivity contribution in [3.05, 3.63) is 88.0 Å². The van der Waals surface area contributed by atoms with Gasteiger partial charge in [0.2, 0.25) is 0 Å². The average Bonchev–Trinajstić information content (AvgIpc) is 2.78. The Kier molecular flexibility index (Phi) is 6.12. The van der Waals surface area contributed by atoms with Crippen LogP contribution in [-0.4, -0.2) is 25.5 Å². The molecule has 1 aliphatic heterocycles. The quantitative estimate of drug-likeness (QED) is 0.686. The fraction of sp³-hybridized carbons (Fsp3) is 0.308. The van der Waals surface area contributed by atoms with Crippen LogP contribution < -0.4 is 10.1 Å². The molecule has 32 heavy (non-hydrogen) atoms. The zero-order valence-corrected chi connectivity index (χ0v) is 18.4.